The van der Waals surface area contributed by atoms with E-state index in [1.807, 2.05) is 27.2 Å². The fourth-order valence-corrected chi connectivity index (χ4v) is 6.58. The lowest BCUT2D eigenvalue weighted by molar-refractivity contribution is -0.870. The van der Waals surface area contributed by atoms with Gasteiger partial charge in [-0.1, -0.05) is 165 Å². The summed E-state index contributed by atoms with van der Waals surface area (Å²) in [6.45, 7) is 4.47. The molecule has 0 rings (SSSR count). The van der Waals surface area contributed by atoms with Crippen LogP contribution < -0.4 is 5.32 Å². The van der Waals surface area contributed by atoms with Crippen molar-refractivity contribution in [2.45, 2.75) is 179 Å². The molecule has 0 bridgehead atoms. The summed E-state index contributed by atoms with van der Waals surface area (Å²) in [7, 11) is 1.39. The van der Waals surface area contributed by atoms with Crippen molar-refractivity contribution in [1.29, 1.82) is 0 Å². The van der Waals surface area contributed by atoms with Crippen molar-refractivity contribution in [1.82, 2.24) is 5.32 Å². The molecule has 322 valence electrons. The van der Waals surface area contributed by atoms with Crippen LogP contribution in [0.2, 0.25) is 0 Å². The molecule has 1 unspecified atom stereocenters. The Morgan fingerprint density at radius 2 is 1.11 bits per heavy atom. The van der Waals surface area contributed by atoms with Crippen molar-refractivity contribution in [3.05, 3.63) is 48.6 Å². The lowest BCUT2D eigenvalue weighted by Crippen LogP contribution is -2.46. The van der Waals surface area contributed by atoms with Gasteiger partial charge in [-0.15, -0.1) is 0 Å². The molecule has 0 aromatic heterocycles. The molecule has 0 fully saturated rings. The molecule has 0 aromatic rings. The number of phosphoric ester groups is 1. The number of unbranched alkanes of at least 4 members (excludes halogenated alkanes) is 14. The Balaban J connectivity index is 4.78. The van der Waals surface area contributed by atoms with Crippen molar-refractivity contribution in [2.75, 3.05) is 40.9 Å². The van der Waals surface area contributed by atoms with Crippen LogP contribution in [0, 0.1) is 0 Å². The highest BCUT2D eigenvalue weighted by atomic mass is 31.2. The first-order chi connectivity index (χ1) is 26.2. The number of allylic oxidation sites excluding steroid dienone is 6. The van der Waals surface area contributed by atoms with Gasteiger partial charge >= 0.3 is 7.82 Å². The quantitative estimate of drug-likeness (QED) is 0.0157. The lowest BCUT2D eigenvalue weighted by Gasteiger charge is -2.26. The van der Waals surface area contributed by atoms with Crippen LogP contribution in [0.1, 0.15) is 149 Å². The minimum absolute atomic E-state index is 0.00912. The first-order valence-corrected chi connectivity index (χ1v) is 22.8. The molecule has 6 atom stereocenters. The van der Waals surface area contributed by atoms with Crippen molar-refractivity contribution >= 4 is 13.7 Å². The molecule has 0 saturated carbocycles. The van der Waals surface area contributed by atoms with Crippen LogP contribution in [0.4, 0.5) is 0 Å². The summed E-state index contributed by atoms with van der Waals surface area (Å²) in [5, 5.41) is 44.4. The summed E-state index contributed by atoms with van der Waals surface area (Å²) in [5.41, 5.74) is 0. The van der Waals surface area contributed by atoms with Crippen LogP contribution in [0.15, 0.2) is 48.6 Å². The molecule has 0 saturated heterocycles. The maximum atomic E-state index is 12.9. The van der Waals surface area contributed by atoms with Crippen molar-refractivity contribution in [2.24, 2.45) is 0 Å². The lowest BCUT2D eigenvalue weighted by atomic mass is 10.0. The zero-order valence-electron chi connectivity index (χ0n) is 35.2. The Morgan fingerprint density at radius 3 is 1.67 bits per heavy atom. The van der Waals surface area contributed by atoms with Gasteiger partial charge in [0, 0.05) is 6.42 Å². The van der Waals surface area contributed by atoms with E-state index in [0.29, 0.717) is 17.4 Å². The fraction of sp³-hybridized carbons (Fsp3) is 0.791. The molecule has 0 aliphatic heterocycles. The van der Waals surface area contributed by atoms with Gasteiger partial charge in [-0.3, -0.25) is 13.8 Å². The normalized spacial score (nSPS) is 16.6. The molecule has 55 heavy (non-hydrogen) atoms. The summed E-state index contributed by atoms with van der Waals surface area (Å²) in [5.74, 6) is -0.397. The standard InChI is InChI=1S/C43H81N2O9P/c1-6-8-10-11-12-13-14-15-16-17-18-22-26-31-40(47)39(37-54-55(51,52)53-36-35-45(3,4)5)44-43(50)34-28-33-42(49)41(48)32-27-23-20-19-21-25-30-38(46)29-24-9-7-2/h19-21,23,25,27,30,32,38-42,46-49H,6-18,22,24,26,28-29,31,33-37H2,1-5H3,(H-,44,50,51,52)/p+1/b21-19-,23-20+,30-25+,32-27+/t38-,39-,40+,41-,42-/m0/s1. The average Bonchev–Trinajstić information content (AvgIpc) is 3.12. The molecule has 1 amide bonds. The summed E-state index contributed by atoms with van der Waals surface area (Å²) < 4.78 is 23.4. The zero-order valence-corrected chi connectivity index (χ0v) is 36.1. The second-order valence-corrected chi connectivity index (χ2v) is 17.4. The molecule has 0 aliphatic carbocycles. The molecule has 6 N–H and O–H groups in total. The number of carbonyl (C=O) groups is 1. The van der Waals surface area contributed by atoms with Crippen LogP contribution >= 0.6 is 7.82 Å². The van der Waals surface area contributed by atoms with Crippen LogP contribution in [0.25, 0.3) is 0 Å². The van der Waals surface area contributed by atoms with Gasteiger partial charge in [-0.05, 0) is 25.7 Å². The number of aliphatic hydroxyl groups excluding tert-OH is 4. The SMILES string of the molecule is CCCCCCCCCCCCCCC[C@@H](O)[C@H](COP(=O)(O)OCC[N+](C)(C)C)NC(=O)CCC[C@H](O)[C@@H](O)/C=C/C=C/C=C\C=C\[C@@H](O)CCCCC. The number of carbonyl (C=O) groups excluding carboxylic acids is 1. The van der Waals surface area contributed by atoms with Gasteiger partial charge in [-0.2, -0.15) is 0 Å². The van der Waals surface area contributed by atoms with E-state index in [1.54, 1.807) is 36.5 Å². The van der Waals surface area contributed by atoms with Gasteiger partial charge in [0.05, 0.1) is 58.2 Å². The summed E-state index contributed by atoms with van der Waals surface area (Å²) in [6.07, 6.45) is 30.6. The van der Waals surface area contributed by atoms with E-state index < -0.39 is 50.8 Å². The van der Waals surface area contributed by atoms with E-state index in [1.165, 1.54) is 63.9 Å². The maximum Gasteiger partial charge on any atom is 0.472 e. The number of aliphatic hydroxyl groups is 4. The van der Waals surface area contributed by atoms with Gasteiger partial charge < -0.3 is 35.1 Å². The molecule has 0 spiro atoms. The predicted molar refractivity (Wildman–Crippen MR) is 225 cm³/mol. The van der Waals surface area contributed by atoms with E-state index >= 15 is 0 Å². The van der Waals surface area contributed by atoms with Crippen LogP contribution in [0.5, 0.6) is 0 Å². The number of hydrogen-bond acceptors (Lipinski definition) is 8. The Kier molecular flexibility index (Phi) is 33.3. The van der Waals surface area contributed by atoms with Gasteiger partial charge in [0.15, 0.2) is 0 Å². The smallest absolute Gasteiger partial charge is 0.391 e. The van der Waals surface area contributed by atoms with Crippen LogP contribution in [-0.2, 0) is 18.4 Å². The molecule has 11 nitrogen and oxygen atoms in total. The van der Waals surface area contributed by atoms with Crippen LogP contribution in [0.3, 0.4) is 0 Å². The van der Waals surface area contributed by atoms with Gasteiger partial charge in [0.2, 0.25) is 5.91 Å². The van der Waals surface area contributed by atoms with E-state index in [4.69, 9.17) is 9.05 Å². The number of rotatable bonds is 37. The first-order valence-electron chi connectivity index (χ1n) is 21.3. The monoisotopic (exact) mass is 802 g/mol. The van der Waals surface area contributed by atoms with Crippen molar-refractivity contribution < 1.29 is 48.2 Å². The Bertz CT molecular complexity index is 1090. The first kappa shape index (κ1) is 53.3. The molecular formula is C43H82N2O9P+. The average molecular weight is 802 g/mol. The maximum absolute atomic E-state index is 12.9. The number of quaternary nitrogens is 1. The van der Waals surface area contributed by atoms with Gasteiger partial charge in [0.25, 0.3) is 0 Å². The second-order valence-electron chi connectivity index (χ2n) is 15.9. The van der Waals surface area contributed by atoms with Gasteiger partial charge in [-0.25, -0.2) is 4.57 Å². The Morgan fingerprint density at radius 1 is 0.636 bits per heavy atom. The third kappa shape index (κ3) is 35.3. The number of likely N-dealkylation sites (N-methyl/N-ethyl adjacent to an activating group) is 1. The minimum Gasteiger partial charge on any atom is -0.391 e. The number of nitrogens with zero attached hydrogens (tertiary/aromatic N) is 1. The largest absolute Gasteiger partial charge is 0.472 e. The minimum atomic E-state index is -4.41. The van der Waals surface area contributed by atoms with E-state index in [0.717, 1.165) is 51.4 Å². The van der Waals surface area contributed by atoms with E-state index in [2.05, 4.69) is 19.2 Å². The number of amides is 1. The fourth-order valence-electron chi connectivity index (χ4n) is 5.84. The topological polar surface area (TPSA) is 166 Å². The predicted octanol–water partition coefficient (Wildman–Crippen LogP) is 8.21. The molecule has 0 aliphatic rings. The second kappa shape index (κ2) is 34.4. The van der Waals surface area contributed by atoms with E-state index in [9.17, 15) is 34.7 Å². The molecule has 0 aromatic carbocycles. The zero-order chi connectivity index (χ0) is 41.2. The number of phosphoric acid groups is 1. The highest BCUT2D eigenvalue weighted by Crippen LogP contribution is 2.43. The third-order valence-electron chi connectivity index (χ3n) is 9.45. The summed E-state index contributed by atoms with van der Waals surface area (Å²) >= 11 is 0. The highest BCUT2D eigenvalue weighted by molar-refractivity contribution is 7.47. The third-order valence-corrected chi connectivity index (χ3v) is 10.4. The molecule has 0 radical (unpaired) electrons. The summed E-state index contributed by atoms with van der Waals surface area (Å²) in [4.78, 5) is 23.1. The Hall–Kier alpha value is -1.66. The van der Waals surface area contributed by atoms with Crippen molar-refractivity contribution in [3.8, 4) is 0 Å². The molecular weight excluding hydrogens is 719 g/mol. The molecule has 12 heteroatoms. The number of hydrogen-bond donors (Lipinski definition) is 6. The van der Waals surface area contributed by atoms with Crippen LogP contribution in [-0.4, -0.2) is 107 Å². The Labute approximate surface area is 335 Å². The highest BCUT2D eigenvalue weighted by Gasteiger charge is 2.28. The van der Waals surface area contributed by atoms with E-state index in [-0.39, 0.29) is 25.9 Å². The van der Waals surface area contributed by atoms with Gasteiger partial charge in [0.1, 0.15) is 13.2 Å². The van der Waals surface area contributed by atoms with Crippen molar-refractivity contribution in [3.63, 3.8) is 0 Å². The number of nitrogens with one attached hydrogen (secondary N) is 1. The summed E-state index contributed by atoms with van der Waals surface area (Å²) in [6, 6.07) is -0.919. The molecule has 0 heterocycles.